The number of nitrogens with zero attached hydrogens (tertiary/aromatic N) is 1. The Hall–Kier alpha value is -0.620. The Morgan fingerprint density at radius 3 is 3.05 bits per heavy atom. The molecule has 1 fully saturated rings. The lowest BCUT2D eigenvalue weighted by Crippen LogP contribution is -2.42. The molecule has 0 aliphatic carbocycles. The molecule has 1 aliphatic rings. The van der Waals surface area contributed by atoms with Gasteiger partial charge in [0, 0.05) is 35.7 Å². The van der Waals surface area contributed by atoms with Crippen molar-refractivity contribution in [3.63, 3.8) is 0 Å². The van der Waals surface area contributed by atoms with Crippen molar-refractivity contribution in [1.29, 1.82) is 0 Å². The third kappa shape index (κ3) is 4.68. The van der Waals surface area contributed by atoms with Crippen LogP contribution in [0.4, 0.5) is 0 Å². The highest BCUT2D eigenvalue weighted by atomic mass is 79.9. The maximum absolute atomic E-state index is 12.8. The minimum atomic E-state index is -0.0184. The van der Waals surface area contributed by atoms with E-state index in [9.17, 15) is 4.79 Å². The molecule has 21 heavy (non-hydrogen) atoms. The van der Waals surface area contributed by atoms with E-state index < -0.39 is 0 Å². The number of benzene rings is 1. The van der Waals surface area contributed by atoms with E-state index in [0.717, 1.165) is 23.9 Å². The van der Waals surface area contributed by atoms with Crippen LogP contribution >= 0.6 is 27.5 Å². The number of hydrogen-bond acceptors (Lipinski definition) is 3. The van der Waals surface area contributed by atoms with Gasteiger partial charge < -0.3 is 15.0 Å². The molecule has 0 saturated carbocycles. The zero-order valence-electron chi connectivity index (χ0n) is 12.1. The van der Waals surface area contributed by atoms with Crippen molar-refractivity contribution in [2.75, 3.05) is 33.4 Å². The molecule has 1 N–H and O–H groups in total. The average molecular weight is 376 g/mol. The van der Waals surface area contributed by atoms with Crippen LogP contribution in [0.3, 0.4) is 0 Å². The van der Waals surface area contributed by atoms with Crippen molar-refractivity contribution in [2.45, 2.75) is 18.9 Å². The highest BCUT2D eigenvalue weighted by molar-refractivity contribution is 9.10. The second-order valence-corrected chi connectivity index (χ2v) is 6.45. The fourth-order valence-corrected chi connectivity index (χ4v) is 3.08. The van der Waals surface area contributed by atoms with E-state index in [1.807, 2.05) is 4.90 Å². The number of halogens is 2. The molecular formula is C15H20BrClN2O2. The summed E-state index contributed by atoms with van der Waals surface area (Å²) in [5, 5.41) is 3.99. The highest BCUT2D eigenvalue weighted by Gasteiger charge is 2.23. The lowest BCUT2D eigenvalue weighted by molar-refractivity contribution is 0.0678. The van der Waals surface area contributed by atoms with Gasteiger partial charge in [0.25, 0.3) is 5.91 Å². The summed E-state index contributed by atoms with van der Waals surface area (Å²) in [5.41, 5.74) is 0.594. The maximum atomic E-state index is 12.8. The summed E-state index contributed by atoms with van der Waals surface area (Å²) >= 11 is 9.44. The molecule has 1 heterocycles. The van der Waals surface area contributed by atoms with E-state index in [0.29, 0.717) is 36.3 Å². The molecule has 1 unspecified atom stereocenters. The van der Waals surface area contributed by atoms with E-state index in [1.54, 1.807) is 25.3 Å². The lowest BCUT2D eigenvalue weighted by Gasteiger charge is -2.26. The van der Waals surface area contributed by atoms with Gasteiger partial charge in [0.1, 0.15) is 0 Å². The zero-order chi connectivity index (χ0) is 15.2. The fraction of sp³-hybridized carbons (Fsp3) is 0.533. The molecule has 6 heteroatoms. The molecule has 0 spiro atoms. The smallest absolute Gasteiger partial charge is 0.255 e. The highest BCUT2D eigenvalue weighted by Crippen LogP contribution is 2.23. The van der Waals surface area contributed by atoms with Crippen LogP contribution in [0.1, 0.15) is 23.2 Å². The quantitative estimate of drug-likeness (QED) is 0.831. The van der Waals surface area contributed by atoms with Crippen LogP contribution in [-0.4, -0.2) is 50.2 Å². The Labute approximate surface area is 138 Å². The monoisotopic (exact) mass is 374 g/mol. The van der Waals surface area contributed by atoms with Crippen LogP contribution in [0, 0.1) is 0 Å². The molecule has 1 amide bonds. The van der Waals surface area contributed by atoms with E-state index in [-0.39, 0.29) is 5.91 Å². The van der Waals surface area contributed by atoms with E-state index in [1.165, 1.54) is 0 Å². The van der Waals surface area contributed by atoms with Gasteiger partial charge in [-0.3, -0.25) is 4.79 Å². The first-order valence-corrected chi connectivity index (χ1v) is 8.25. The number of carbonyl (C=O) groups is 1. The Balaban J connectivity index is 2.13. The minimum Gasteiger partial charge on any atom is -0.383 e. The van der Waals surface area contributed by atoms with Gasteiger partial charge in [-0.1, -0.05) is 11.6 Å². The summed E-state index contributed by atoms with van der Waals surface area (Å²) in [6, 6.07) is 5.64. The van der Waals surface area contributed by atoms with Crippen molar-refractivity contribution < 1.29 is 9.53 Å². The topological polar surface area (TPSA) is 41.6 Å². The molecule has 1 saturated heterocycles. The van der Waals surface area contributed by atoms with Crippen LogP contribution < -0.4 is 5.32 Å². The van der Waals surface area contributed by atoms with Gasteiger partial charge in [0.05, 0.1) is 12.2 Å². The summed E-state index contributed by atoms with van der Waals surface area (Å²) in [5.74, 6) is -0.0184. The SMILES string of the molecule is COCCN(CC1CCCN1)C(=O)c1cc(Cl)ccc1Br. The molecular weight excluding hydrogens is 356 g/mol. The largest absolute Gasteiger partial charge is 0.383 e. The molecule has 4 nitrogen and oxygen atoms in total. The van der Waals surface area contributed by atoms with Crippen LogP contribution in [0.25, 0.3) is 0 Å². The Bertz CT molecular complexity index is 493. The molecule has 2 rings (SSSR count). The van der Waals surface area contributed by atoms with Gasteiger partial charge in [-0.2, -0.15) is 0 Å². The molecule has 0 aromatic heterocycles. The van der Waals surface area contributed by atoms with Crippen LogP contribution in [-0.2, 0) is 4.74 Å². The first-order chi connectivity index (χ1) is 10.1. The summed E-state index contributed by atoms with van der Waals surface area (Å²) in [6.45, 7) is 2.82. The van der Waals surface area contributed by atoms with Gasteiger partial charge in [-0.25, -0.2) is 0 Å². The first kappa shape index (κ1) is 16.7. The van der Waals surface area contributed by atoms with Crippen LogP contribution in [0.2, 0.25) is 5.02 Å². The summed E-state index contributed by atoms with van der Waals surface area (Å²) in [6.07, 6.45) is 2.27. The van der Waals surface area contributed by atoms with Gasteiger partial charge in [-0.05, 0) is 53.5 Å². The summed E-state index contributed by atoms with van der Waals surface area (Å²) in [4.78, 5) is 14.6. The third-order valence-electron chi connectivity index (χ3n) is 3.61. The van der Waals surface area contributed by atoms with Gasteiger partial charge in [0.15, 0.2) is 0 Å². The Kier molecular flexibility index (Phi) is 6.48. The van der Waals surface area contributed by atoms with E-state index in [2.05, 4.69) is 21.2 Å². The third-order valence-corrected chi connectivity index (χ3v) is 4.54. The van der Waals surface area contributed by atoms with Crippen LogP contribution in [0.15, 0.2) is 22.7 Å². The fourth-order valence-electron chi connectivity index (χ4n) is 2.49. The van der Waals surface area contributed by atoms with Gasteiger partial charge >= 0.3 is 0 Å². The van der Waals surface area contributed by atoms with Crippen molar-refractivity contribution >= 4 is 33.4 Å². The average Bonchev–Trinajstić information content (AvgIpc) is 2.98. The number of amides is 1. The number of hydrogen-bond donors (Lipinski definition) is 1. The predicted octanol–water partition coefficient (Wildman–Crippen LogP) is 2.94. The number of nitrogens with one attached hydrogen (secondary N) is 1. The number of rotatable bonds is 6. The number of methoxy groups -OCH3 is 1. The van der Waals surface area contributed by atoms with Crippen molar-refractivity contribution in [3.8, 4) is 0 Å². The number of carbonyl (C=O) groups excluding carboxylic acids is 1. The first-order valence-electron chi connectivity index (χ1n) is 7.08. The van der Waals surface area contributed by atoms with Gasteiger partial charge in [0.2, 0.25) is 0 Å². The van der Waals surface area contributed by atoms with Crippen molar-refractivity contribution in [2.24, 2.45) is 0 Å². The molecule has 0 radical (unpaired) electrons. The van der Waals surface area contributed by atoms with E-state index >= 15 is 0 Å². The standard InChI is InChI=1S/C15H20BrClN2O2/c1-21-8-7-19(10-12-3-2-6-18-12)15(20)13-9-11(17)4-5-14(13)16/h4-5,9,12,18H,2-3,6-8,10H2,1H3. The molecule has 1 atom stereocenters. The molecule has 0 bridgehead atoms. The van der Waals surface area contributed by atoms with E-state index in [4.69, 9.17) is 16.3 Å². The molecule has 1 aromatic carbocycles. The summed E-state index contributed by atoms with van der Waals surface area (Å²) < 4.78 is 5.89. The minimum absolute atomic E-state index is 0.0184. The molecule has 116 valence electrons. The maximum Gasteiger partial charge on any atom is 0.255 e. The Morgan fingerprint density at radius 1 is 1.57 bits per heavy atom. The predicted molar refractivity (Wildman–Crippen MR) is 88.0 cm³/mol. The second-order valence-electron chi connectivity index (χ2n) is 5.16. The lowest BCUT2D eigenvalue weighted by atomic mass is 10.1. The van der Waals surface area contributed by atoms with Crippen molar-refractivity contribution in [3.05, 3.63) is 33.3 Å². The molecule has 1 aromatic rings. The second kappa shape index (κ2) is 8.13. The van der Waals surface area contributed by atoms with Gasteiger partial charge in [-0.15, -0.1) is 0 Å². The molecule has 1 aliphatic heterocycles. The van der Waals surface area contributed by atoms with Crippen molar-refractivity contribution in [1.82, 2.24) is 10.2 Å². The number of ether oxygens (including phenoxy) is 1. The normalized spacial score (nSPS) is 18.0. The summed E-state index contributed by atoms with van der Waals surface area (Å²) in [7, 11) is 1.64. The zero-order valence-corrected chi connectivity index (χ0v) is 14.4. The van der Waals surface area contributed by atoms with Crippen LogP contribution in [0.5, 0.6) is 0 Å². The Morgan fingerprint density at radius 2 is 2.38 bits per heavy atom.